The summed E-state index contributed by atoms with van der Waals surface area (Å²) in [5, 5.41) is 13.7. The van der Waals surface area contributed by atoms with Gasteiger partial charge in [0.25, 0.3) is 5.91 Å². The summed E-state index contributed by atoms with van der Waals surface area (Å²) < 4.78 is 10.4. The molecule has 0 atom stereocenters. The van der Waals surface area contributed by atoms with Crippen LogP contribution in [0.2, 0.25) is 0 Å². The number of ether oxygens (including phenoxy) is 2. The largest absolute Gasteiger partial charge is 0.497 e. The molecule has 0 unspecified atom stereocenters. The van der Waals surface area contributed by atoms with Crippen LogP contribution in [-0.4, -0.2) is 24.5 Å². The zero-order valence-corrected chi connectivity index (χ0v) is 13.4. The van der Waals surface area contributed by atoms with Crippen molar-refractivity contribution in [2.75, 3.05) is 13.7 Å². The second-order valence-electron chi connectivity index (χ2n) is 5.14. The Morgan fingerprint density at radius 3 is 2.54 bits per heavy atom. The van der Waals surface area contributed by atoms with Crippen LogP contribution < -0.4 is 14.8 Å². The molecular formula is C17H18N2O5. The predicted molar refractivity (Wildman–Crippen MR) is 88.2 cm³/mol. The van der Waals surface area contributed by atoms with Crippen molar-refractivity contribution in [3.8, 4) is 11.5 Å². The number of carbonyl (C=O) groups excluding carboxylic acids is 1. The zero-order valence-electron chi connectivity index (χ0n) is 13.4. The van der Waals surface area contributed by atoms with Gasteiger partial charge in [-0.3, -0.25) is 14.9 Å². The van der Waals surface area contributed by atoms with Crippen molar-refractivity contribution in [3.63, 3.8) is 0 Å². The van der Waals surface area contributed by atoms with Crippen LogP contribution in [0.3, 0.4) is 0 Å². The molecule has 1 N–H and O–H groups in total. The number of rotatable bonds is 7. The predicted octanol–water partition coefficient (Wildman–Crippen LogP) is 2.61. The van der Waals surface area contributed by atoms with E-state index in [1.54, 1.807) is 32.2 Å². The van der Waals surface area contributed by atoms with Gasteiger partial charge in [-0.15, -0.1) is 0 Å². The third-order valence-electron chi connectivity index (χ3n) is 3.32. The van der Waals surface area contributed by atoms with Crippen LogP contribution in [0.1, 0.15) is 11.1 Å². The quantitative estimate of drug-likeness (QED) is 0.622. The molecule has 0 saturated heterocycles. The van der Waals surface area contributed by atoms with Gasteiger partial charge in [0.05, 0.1) is 12.0 Å². The first-order valence-electron chi connectivity index (χ1n) is 7.27. The third kappa shape index (κ3) is 4.70. The zero-order chi connectivity index (χ0) is 17.5. The highest BCUT2D eigenvalue weighted by molar-refractivity contribution is 5.77. The summed E-state index contributed by atoms with van der Waals surface area (Å²) in [6.07, 6.45) is 0. The summed E-state index contributed by atoms with van der Waals surface area (Å²) in [5.41, 5.74) is 1.56. The summed E-state index contributed by atoms with van der Waals surface area (Å²) in [4.78, 5) is 22.3. The molecule has 0 spiro atoms. The van der Waals surface area contributed by atoms with Gasteiger partial charge < -0.3 is 14.8 Å². The van der Waals surface area contributed by atoms with E-state index in [4.69, 9.17) is 9.47 Å². The lowest BCUT2D eigenvalue weighted by molar-refractivity contribution is -0.385. The van der Waals surface area contributed by atoms with Crippen molar-refractivity contribution < 1.29 is 19.2 Å². The first-order valence-corrected chi connectivity index (χ1v) is 7.27. The minimum absolute atomic E-state index is 0.0830. The standard InChI is InChI=1S/C17H18N2O5/c1-12-3-8-15(19(21)22)16(9-12)24-11-17(20)18-10-13-4-6-14(23-2)7-5-13/h3-9H,10-11H2,1-2H3,(H,18,20). The molecular weight excluding hydrogens is 312 g/mol. The van der Waals surface area contributed by atoms with Gasteiger partial charge in [0.2, 0.25) is 0 Å². The van der Waals surface area contributed by atoms with Gasteiger partial charge in [-0.2, -0.15) is 0 Å². The Morgan fingerprint density at radius 2 is 1.92 bits per heavy atom. The van der Waals surface area contributed by atoms with E-state index in [2.05, 4.69) is 5.32 Å². The molecule has 0 aliphatic heterocycles. The van der Waals surface area contributed by atoms with Crippen molar-refractivity contribution in [1.29, 1.82) is 0 Å². The van der Waals surface area contributed by atoms with Crippen molar-refractivity contribution in [3.05, 3.63) is 63.7 Å². The maximum atomic E-state index is 11.8. The summed E-state index contributed by atoms with van der Waals surface area (Å²) in [6.45, 7) is 1.84. The Balaban J connectivity index is 1.89. The Kier molecular flexibility index (Phi) is 5.73. The molecule has 0 fully saturated rings. The molecule has 0 heterocycles. The summed E-state index contributed by atoms with van der Waals surface area (Å²) in [6, 6.07) is 11.8. The normalized spacial score (nSPS) is 10.1. The molecule has 0 aromatic heterocycles. The SMILES string of the molecule is COc1ccc(CNC(=O)COc2cc(C)ccc2[N+](=O)[O-])cc1. The topological polar surface area (TPSA) is 90.7 Å². The lowest BCUT2D eigenvalue weighted by Gasteiger charge is -2.09. The Hall–Kier alpha value is -3.09. The van der Waals surface area contributed by atoms with Crippen molar-refractivity contribution in [1.82, 2.24) is 5.32 Å². The number of hydrogen-bond acceptors (Lipinski definition) is 5. The van der Waals surface area contributed by atoms with E-state index in [-0.39, 0.29) is 24.0 Å². The Morgan fingerprint density at radius 1 is 1.21 bits per heavy atom. The Labute approximate surface area is 139 Å². The fourth-order valence-electron chi connectivity index (χ4n) is 2.03. The first kappa shape index (κ1) is 17.3. The first-order chi connectivity index (χ1) is 11.5. The number of nitrogens with zero attached hydrogens (tertiary/aromatic N) is 1. The number of nitro groups is 1. The summed E-state index contributed by atoms with van der Waals surface area (Å²) in [7, 11) is 1.58. The van der Waals surface area contributed by atoms with E-state index in [0.717, 1.165) is 16.9 Å². The molecule has 126 valence electrons. The fourth-order valence-corrected chi connectivity index (χ4v) is 2.03. The minimum atomic E-state index is -0.538. The molecule has 7 nitrogen and oxygen atoms in total. The van der Waals surface area contributed by atoms with Gasteiger partial charge in [-0.05, 0) is 36.2 Å². The van der Waals surface area contributed by atoms with Gasteiger partial charge >= 0.3 is 5.69 Å². The van der Waals surface area contributed by atoms with Gasteiger partial charge in [-0.25, -0.2) is 0 Å². The van der Waals surface area contributed by atoms with Crippen LogP contribution >= 0.6 is 0 Å². The van der Waals surface area contributed by atoms with Crippen LogP contribution in [0.5, 0.6) is 11.5 Å². The second-order valence-corrected chi connectivity index (χ2v) is 5.14. The maximum Gasteiger partial charge on any atom is 0.310 e. The number of aryl methyl sites for hydroxylation is 1. The molecule has 0 saturated carbocycles. The number of benzene rings is 2. The van der Waals surface area contributed by atoms with E-state index in [0.29, 0.717) is 6.54 Å². The van der Waals surface area contributed by atoms with Crippen molar-refractivity contribution >= 4 is 11.6 Å². The van der Waals surface area contributed by atoms with E-state index >= 15 is 0 Å². The van der Waals surface area contributed by atoms with Crippen LogP contribution in [0, 0.1) is 17.0 Å². The van der Waals surface area contributed by atoms with E-state index < -0.39 is 4.92 Å². The maximum absolute atomic E-state index is 11.8. The molecule has 0 radical (unpaired) electrons. The molecule has 1 amide bonds. The molecule has 7 heteroatoms. The van der Waals surface area contributed by atoms with Crippen LogP contribution in [-0.2, 0) is 11.3 Å². The van der Waals surface area contributed by atoms with Gasteiger partial charge in [0, 0.05) is 12.6 Å². The third-order valence-corrected chi connectivity index (χ3v) is 3.32. The number of nitro benzene ring substituents is 1. The number of hydrogen-bond donors (Lipinski definition) is 1. The summed E-state index contributed by atoms with van der Waals surface area (Å²) in [5.74, 6) is 0.460. The highest BCUT2D eigenvalue weighted by Gasteiger charge is 2.16. The molecule has 2 aromatic rings. The number of nitrogens with one attached hydrogen (secondary N) is 1. The van der Waals surface area contributed by atoms with Crippen molar-refractivity contribution in [2.45, 2.75) is 13.5 Å². The monoisotopic (exact) mass is 330 g/mol. The van der Waals surface area contributed by atoms with Crippen LogP contribution in [0.4, 0.5) is 5.69 Å². The van der Waals surface area contributed by atoms with Gasteiger partial charge in [0.15, 0.2) is 12.4 Å². The summed E-state index contributed by atoms with van der Waals surface area (Å²) >= 11 is 0. The van der Waals surface area contributed by atoms with Gasteiger partial charge in [-0.1, -0.05) is 18.2 Å². The van der Waals surface area contributed by atoms with Crippen molar-refractivity contribution in [2.24, 2.45) is 0 Å². The lowest BCUT2D eigenvalue weighted by atomic mass is 10.2. The van der Waals surface area contributed by atoms with E-state index in [1.807, 2.05) is 12.1 Å². The molecule has 24 heavy (non-hydrogen) atoms. The average molecular weight is 330 g/mol. The van der Waals surface area contributed by atoms with E-state index in [1.165, 1.54) is 12.1 Å². The number of amides is 1. The highest BCUT2D eigenvalue weighted by atomic mass is 16.6. The Bertz CT molecular complexity index is 728. The molecule has 0 aliphatic carbocycles. The van der Waals surface area contributed by atoms with Gasteiger partial charge in [0.1, 0.15) is 5.75 Å². The van der Waals surface area contributed by atoms with E-state index in [9.17, 15) is 14.9 Å². The minimum Gasteiger partial charge on any atom is -0.497 e. The molecule has 0 aliphatic rings. The smallest absolute Gasteiger partial charge is 0.310 e. The molecule has 2 rings (SSSR count). The molecule has 0 bridgehead atoms. The van der Waals surface area contributed by atoms with Crippen LogP contribution in [0.15, 0.2) is 42.5 Å². The average Bonchev–Trinajstić information content (AvgIpc) is 2.58. The molecule has 2 aromatic carbocycles. The second kappa shape index (κ2) is 7.96. The lowest BCUT2D eigenvalue weighted by Crippen LogP contribution is -2.28. The number of methoxy groups -OCH3 is 1. The fraction of sp³-hybridized carbons (Fsp3) is 0.235. The highest BCUT2D eigenvalue weighted by Crippen LogP contribution is 2.27. The number of carbonyl (C=O) groups is 1. The van der Waals surface area contributed by atoms with Crippen LogP contribution in [0.25, 0.3) is 0 Å².